The quantitative estimate of drug-likeness (QED) is 0.531. The van der Waals surface area contributed by atoms with Crippen LogP contribution < -0.4 is 9.54 Å². The Balaban J connectivity index is 1.96. The molecule has 0 unspecified atom stereocenters. The zero-order valence-electron chi connectivity index (χ0n) is 15.2. The maximum atomic E-state index is 5.50. The van der Waals surface area contributed by atoms with Crippen LogP contribution in [0.15, 0.2) is 65.0 Å². The van der Waals surface area contributed by atoms with E-state index in [1.54, 1.807) is 18.4 Å². The lowest BCUT2D eigenvalue weighted by Gasteiger charge is -2.09. The normalized spacial score (nSPS) is 11.7. The number of aromatic nitrogens is 1. The number of hydrogen-bond donors (Lipinski definition) is 0. The van der Waals surface area contributed by atoms with E-state index in [9.17, 15) is 0 Å². The van der Waals surface area contributed by atoms with Crippen LogP contribution in [0.2, 0.25) is 0 Å². The molecule has 0 atom stereocenters. The number of nitrogens with zero attached hydrogens (tertiary/aromatic N) is 2. The number of ether oxygens (including phenoxy) is 2. The second kappa shape index (κ2) is 9.36. The highest BCUT2D eigenvalue weighted by molar-refractivity contribution is 7.07. The average Bonchev–Trinajstić information content (AvgIpc) is 3.07. The van der Waals surface area contributed by atoms with E-state index in [0.29, 0.717) is 6.61 Å². The summed E-state index contributed by atoms with van der Waals surface area (Å²) in [5.41, 5.74) is 3.32. The van der Waals surface area contributed by atoms with Gasteiger partial charge in [0.15, 0.2) is 4.80 Å². The van der Waals surface area contributed by atoms with Crippen LogP contribution in [0.3, 0.4) is 0 Å². The Labute approximate surface area is 158 Å². The van der Waals surface area contributed by atoms with E-state index in [4.69, 9.17) is 14.5 Å². The number of thiazole rings is 1. The molecule has 0 saturated heterocycles. The second-order valence-electron chi connectivity index (χ2n) is 5.81. The van der Waals surface area contributed by atoms with Crippen LogP contribution in [-0.4, -0.2) is 24.9 Å². The van der Waals surface area contributed by atoms with E-state index in [0.717, 1.165) is 35.8 Å². The molecule has 0 bridgehead atoms. The van der Waals surface area contributed by atoms with Crippen molar-refractivity contribution in [2.75, 3.05) is 20.3 Å². The molecule has 5 heteroatoms. The van der Waals surface area contributed by atoms with E-state index in [-0.39, 0.29) is 0 Å². The monoisotopic (exact) mass is 368 g/mol. The molecule has 3 aromatic rings. The third-order valence-corrected chi connectivity index (χ3v) is 4.83. The fourth-order valence-electron chi connectivity index (χ4n) is 2.74. The molecule has 136 valence electrons. The third-order valence-electron chi connectivity index (χ3n) is 3.97. The van der Waals surface area contributed by atoms with Crippen molar-refractivity contribution in [3.63, 3.8) is 0 Å². The summed E-state index contributed by atoms with van der Waals surface area (Å²) in [5, 5.41) is 2.18. The molecule has 26 heavy (non-hydrogen) atoms. The number of hydrogen-bond acceptors (Lipinski definition) is 4. The van der Waals surface area contributed by atoms with Gasteiger partial charge < -0.3 is 14.0 Å². The van der Waals surface area contributed by atoms with Crippen molar-refractivity contribution < 1.29 is 9.47 Å². The maximum Gasteiger partial charge on any atom is 0.190 e. The Morgan fingerprint density at radius 2 is 1.81 bits per heavy atom. The molecule has 0 amide bonds. The van der Waals surface area contributed by atoms with Gasteiger partial charge >= 0.3 is 0 Å². The molecule has 0 aliphatic rings. The molecule has 2 aromatic carbocycles. The highest BCUT2D eigenvalue weighted by atomic mass is 32.1. The minimum absolute atomic E-state index is 0.668. The van der Waals surface area contributed by atoms with Gasteiger partial charge in [-0.2, -0.15) is 0 Å². The molecule has 0 radical (unpaired) electrons. The van der Waals surface area contributed by atoms with Gasteiger partial charge in [0.1, 0.15) is 5.75 Å². The molecule has 1 heterocycles. The van der Waals surface area contributed by atoms with Crippen LogP contribution >= 0.6 is 11.3 Å². The first-order valence-corrected chi connectivity index (χ1v) is 9.70. The largest absolute Gasteiger partial charge is 0.494 e. The van der Waals surface area contributed by atoms with Gasteiger partial charge in [0.05, 0.1) is 18.0 Å². The minimum atomic E-state index is 0.668. The van der Waals surface area contributed by atoms with E-state index in [1.807, 2.05) is 37.3 Å². The van der Waals surface area contributed by atoms with Crippen molar-refractivity contribution in [2.24, 2.45) is 4.99 Å². The van der Waals surface area contributed by atoms with Gasteiger partial charge in [-0.3, -0.25) is 0 Å². The zero-order valence-corrected chi connectivity index (χ0v) is 16.0. The predicted molar refractivity (Wildman–Crippen MR) is 107 cm³/mol. The first kappa shape index (κ1) is 18.4. The summed E-state index contributed by atoms with van der Waals surface area (Å²) in [6.07, 6.45) is 0.948. The van der Waals surface area contributed by atoms with E-state index in [2.05, 4.69) is 34.2 Å². The van der Waals surface area contributed by atoms with Crippen molar-refractivity contribution in [3.05, 3.63) is 64.8 Å². The van der Waals surface area contributed by atoms with Crippen LogP contribution in [0, 0.1) is 0 Å². The zero-order chi connectivity index (χ0) is 18.2. The van der Waals surface area contributed by atoms with Crippen molar-refractivity contribution in [3.8, 4) is 17.0 Å². The van der Waals surface area contributed by atoms with Crippen LogP contribution in [0.5, 0.6) is 5.75 Å². The highest BCUT2D eigenvalue weighted by Crippen LogP contribution is 2.22. The molecular formula is C21H24N2O2S. The summed E-state index contributed by atoms with van der Waals surface area (Å²) in [6, 6.07) is 18.3. The summed E-state index contributed by atoms with van der Waals surface area (Å²) >= 11 is 1.66. The van der Waals surface area contributed by atoms with Crippen LogP contribution in [0.4, 0.5) is 5.69 Å². The fourth-order valence-corrected chi connectivity index (χ4v) is 3.69. The molecule has 4 nitrogen and oxygen atoms in total. The number of methoxy groups -OCH3 is 1. The first-order valence-electron chi connectivity index (χ1n) is 8.82. The molecular weight excluding hydrogens is 344 g/mol. The van der Waals surface area contributed by atoms with Gasteiger partial charge in [0.2, 0.25) is 0 Å². The molecule has 3 rings (SSSR count). The Morgan fingerprint density at radius 3 is 2.50 bits per heavy atom. The first-order chi connectivity index (χ1) is 12.8. The van der Waals surface area contributed by atoms with Gasteiger partial charge in [-0.05, 0) is 43.2 Å². The Morgan fingerprint density at radius 1 is 1.04 bits per heavy atom. The van der Waals surface area contributed by atoms with Gasteiger partial charge in [0.25, 0.3) is 0 Å². The van der Waals surface area contributed by atoms with Crippen molar-refractivity contribution in [1.29, 1.82) is 0 Å². The Bertz CT molecular complexity index is 867. The lowest BCUT2D eigenvalue weighted by atomic mass is 10.2. The summed E-state index contributed by atoms with van der Waals surface area (Å²) in [7, 11) is 1.74. The Hall–Kier alpha value is -2.37. The second-order valence-corrected chi connectivity index (χ2v) is 6.64. The molecule has 0 N–H and O–H groups in total. The van der Waals surface area contributed by atoms with Crippen LogP contribution in [0.1, 0.15) is 13.3 Å². The van der Waals surface area contributed by atoms with E-state index >= 15 is 0 Å². The van der Waals surface area contributed by atoms with Crippen LogP contribution in [0.25, 0.3) is 11.3 Å². The van der Waals surface area contributed by atoms with E-state index in [1.165, 1.54) is 11.3 Å². The predicted octanol–water partition coefficient (Wildman–Crippen LogP) is 4.88. The average molecular weight is 369 g/mol. The van der Waals surface area contributed by atoms with Crippen molar-refractivity contribution in [2.45, 2.75) is 19.9 Å². The number of benzene rings is 2. The van der Waals surface area contributed by atoms with Crippen molar-refractivity contribution in [1.82, 2.24) is 4.57 Å². The van der Waals surface area contributed by atoms with Gasteiger partial charge in [0, 0.05) is 25.6 Å². The summed E-state index contributed by atoms with van der Waals surface area (Å²) < 4.78 is 13.0. The lowest BCUT2D eigenvalue weighted by molar-refractivity contribution is 0.190. The molecule has 1 aromatic heterocycles. The highest BCUT2D eigenvalue weighted by Gasteiger charge is 2.08. The fraction of sp³-hybridized carbons (Fsp3) is 0.286. The van der Waals surface area contributed by atoms with Gasteiger partial charge in [-0.15, -0.1) is 11.3 Å². The minimum Gasteiger partial charge on any atom is -0.494 e. The van der Waals surface area contributed by atoms with Crippen molar-refractivity contribution >= 4 is 17.0 Å². The van der Waals surface area contributed by atoms with E-state index < -0.39 is 0 Å². The smallest absolute Gasteiger partial charge is 0.190 e. The summed E-state index contributed by atoms with van der Waals surface area (Å²) in [4.78, 5) is 5.84. The standard InChI is InChI=1S/C21H24N2O2S/c1-3-25-19-12-10-18(11-13-19)22-21-23(14-7-15-24-2)20(16-26-21)17-8-5-4-6-9-17/h4-6,8-13,16H,3,7,14-15H2,1-2H3. The summed E-state index contributed by atoms with van der Waals surface area (Å²) in [6.45, 7) is 4.26. The van der Waals surface area contributed by atoms with Crippen LogP contribution in [-0.2, 0) is 11.3 Å². The van der Waals surface area contributed by atoms with Gasteiger partial charge in [-0.25, -0.2) is 4.99 Å². The molecule has 0 aliphatic carbocycles. The maximum absolute atomic E-state index is 5.50. The molecule has 0 spiro atoms. The molecule has 0 aliphatic heterocycles. The lowest BCUT2D eigenvalue weighted by Crippen LogP contribution is -2.17. The topological polar surface area (TPSA) is 35.8 Å². The Kier molecular flexibility index (Phi) is 6.63. The molecule has 0 saturated carbocycles. The SMILES string of the molecule is CCOc1ccc(N=c2scc(-c3ccccc3)n2CCCOC)cc1. The third kappa shape index (κ3) is 4.62. The number of rotatable bonds is 8. The summed E-state index contributed by atoms with van der Waals surface area (Å²) in [5.74, 6) is 0.871. The van der Waals surface area contributed by atoms with Gasteiger partial charge in [-0.1, -0.05) is 30.3 Å². The molecule has 0 fully saturated rings.